The Balaban J connectivity index is 1.72. The van der Waals surface area contributed by atoms with Crippen LogP contribution in [0.5, 0.6) is 5.75 Å². The van der Waals surface area contributed by atoms with Gasteiger partial charge in [-0.3, -0.25) is 0 Å². The maximum atomic E-state index is 12.9. The molecule has 0 radical (unpaired) electrons. The SMILES string of the molecule is CCOC(=O)[C@H]1c2ccc3ccccc3c2O[C@@H]2c3ccsc3CCN21. The van der Waals surface area contributed by atoms with Gasteiger partial charge in [-0.15, -0.1) is 11.3 Å². The van der Waals surface area contributed by atoms with Crippen LogP contribution in [-0.2, 0) is 16.0 Å². The monoisotopic (exact) mass is 365 g/mol. The van der Waals surface area contributed by atoms with E-state index in [1.54, 1.807) is 11.3 Å². The fourth-order valence-electron chi connectivity index (χ4n) is 4.08. The molecule has 0 unspecified atom stereocenters. The van der Waals surface area contributed by atoms with Gasteiger partial charge in [0.1, 0.15) is 11.8 Å². The molecule has 26 heavy (non-hydrogen) atoms. The van der Waals surface area contributed by atoms with Crippen LogP contribution in [0.2, 0.25) is 0 Å². The summed E-state index contributed by atoms with van der Waals surface area (Å²) in [5, 5.41) is 4.26. The summed E-state index contributed by atoms with van der Waals surface area (Å²) in [7, 11) is 0. The van der Waals surface area contributed by atoms with Crippen molar-refractivity contribution in [2.45, 2.75) is 25.6 Å². The van der Waals surface area contributed by atoms with Crippen LogP contribution in [0.3, 0.4) is 0 Å². The van der Waals surface area contributed by atoms with Crippen molar-refractivity contribution in [3.63, 3.8) is 0 Å². The van der Waals surface area contributed by atoms with Crippen LogP contribution in [0.25, 0.3) is 10.8 Å². The standard InChI is InChI=1S/C21H19NO3S/c1-2-24-21(23)18-16-8-7-13-5-3-4-6-14(13)19(16)25-20-15-10-12-26-17(15)9-11-22(18)20/h3-8,10,12,18,20H,2,9,11H2,1H3/t18-,20-/m1/s1. The zero-order valence-corrected chi connectivity index (χ0v) is 15.3. The van der Waals surface area contributed by atoms with Gasteiger partial charge in [0.2, 0.25) is 0 Å². The molecule has 3 aromatic rings. The van der Waals surface area contributed by atoms with Gasteiger partial charge in [-0.05, 0) is 30.2 Å². The predicted octanol–water partition coefficient (Wildman–Crippen LogP) is 4.45. The summed E-state index contributed by atoms with van der Waals surface area (Å²) in [6.45, 7) is 3.01. The number of fused-ring (bicyclic) bond motifs is 6. The average Bonchev–Trinajstić information content (AvgIpc) is 3.15. The number of hydrogen-bond acceptors (Lipinski definition) is 5. The van der Waals surface area contributed by atoms with Gasteiger partial charge in [-0.25, -0.2) is 9.69 Å². The smallest absolute Gasteiger partial charge is 0.328 e. The Hall–Kier alpha value is -2.37. The molecular weight excluding hydrogens is 346 g/mol. The summed E-state index contributed by atoms with van der Waals surface area (Å²) in [6.07, 6.45) is 0.698. The van der Waals surface area contributed by atoms with Gasteiger partial charge in [0.05, 0.1) is 6.61 Å². The lowest BCUT2D eigenvalue weighted by molar-refractivity contribution is -0.157. The first-order chi connectivity index (χ1) is 12.8. The van der Waals surface area contributed by atoms with Gasteiger partial charge in [-0.1, -0.05) is 36.4 Å². The second-order valence-corrected chi connectivity index (χ2v) is 7.62. The quantitative estimate of drug-likeness (QED) is 0.629. The first kappa shape index (κ1) is 15.9. The summed E-state index contributed by atoms with van der Waals surface area (Å²) in [6, 6.07) is 13.9. The lowest BCUT2D eigenvalue weighted by Crippen LogP contribution is -2.46. The van der Waals surface area contributed by atoms with Crippen LogP contribution in [-0.4, -0.2) is 24.0 Å². The van der Waals surface area contributed by atoms with Crippen LogP contribution in [0.4, 0.5) is 0 Å². The van der Waals surface area contributed by atoms with E-state index in [4.69, 9.17) is 9.47 Å². The zero-order valence-electron chi connectivity index (χ0n) is 14.5. The molecule has 2 aliphatic heterocycles. The zero-order chi connectivity index (χ0) is 17.7. The molecule has 0 spiro atoms. The first-order valence-corrected chi connectivity index (χ1v) is 9.83. The predicted molar refractivity (Wildman–Crippen MR) is 101 cm³/mol. The molecule has 4 nitrogen and oxygen atoms in total. The molecule has 132 valence electrons. The highest BCUT2D eigenvalue weighted by atomic mass is 32.1. The number of thiophene rings is 1. The molecule has 3 heterocycles. The maximum Gasteiger partial charge on any atom is 0.328 e. The number of carbonyl (C=O) groups excluding carboxylic acids is 1. The van der Waals surface area contributed by atoms with Crippen LogP contribution in [0.15, 0.2) is 47.8 Å². The van der Waals surface area contributed by atoms with Crippen molar-refractivity contribution in [2.75, 3.05) is 13.2 Å². The maximum absolute atomic E-state index is 12.9. The first-order valence-electron chi connectivity index (χ1n) is 8.95. The molecule has 2 atom stereocenters. The van der Waals surface area contributed by atoms with Gasteiger partial charge in [0.25, 0.3) is 0 Å². The van der Waals surface area contributed by atoms with Crippen LogP contribution in [0.1, 0.15) is 35.2 Å². The summed E-state index contributed by atoms with van der Waals surface area (Å²) in [5.41, 5.74) is 2.08. The van der Waals surface area contributed by atoms with Crippen molar-refractivity contribution in [1.82, 2.24) is 4.90 Å². The molecule has 2 aromatic carbocycles. The van der Waals surface area contributed by atoms with Crippen molar-refractivity contribution < 1.29 is 14.3 Å². The fraction of sp³-hybridized carbons (Fsp3) is 0.286. The van der Waals surface area contributed by atoms with Gasteiger partial charge in [0.15, 0.2) is 6.23 Å². The number of ether oxygens (including phenoxy) is 2. The third-order valence-corrected chi connectivity index (χ3v) is 6.22. The molecule has 1 aromatic heterocycles. The van der Waals surface area contributed by atoms with E-state index in [9.17, 15) is 4.79 Å². The van der Waals surface area contributed by atoms with Crippen LogP contribution >= 0.6 is 11.3 Å². The molecule has 0 bridgehead atoms. The molecule has 0 amide bonds. The molecule has 0 aliphatic carbocycles. The minimum atomic E-state index is -0.429. The number of esters is 1. The Morgan fingerprint density at radius 3 is 3.00 bits per heavy atom. The number of benzene rings is 2. The summed E-state index contributed by atoms with van der Waals surface area (Å²) < 4.78 is 12.0. The van der Waals surface area contributed by atoms with Gasteiger partial charge < -0.3 is 9.47 Å². The van der Waals surface area contributed by atoms with E-state index in [1.807, 2.05) is 25.1 Å². The van der Waals surface area contributed by atoms with E-state index in [2.05, 4.69) is 34.5 Å². The van der Waals surface area contributed by atoms with E-state index in [-0.39, 0.29) is 12.2 Å². The number of carbonyl (C=O) groups is 1. The highest BCUT2D eigenvalue weighted by Crippen LogP contribution is 2.48. The Labute approximate surface area is 156 Å². The number of hydrogen-bond donors (Lipinski definition) is 0. The molecular formula is C21H19NO3S. The van der Waals surface area contributed by atoms with Gasteiger partial charge >= 0.3 is 5.97 Å². The van der Waals surface area contributed by atoms with Crippen LogP contribution < -0.4 is 4.74 Å². The topological polar surface area (TPSA) is 38.8 Å². The summed E-state index contributed by atoms with van der Waals surface area (Å²) in [4.78, 5) is 16.4. The lowest BCUT2D eigenvalue weighted by atomic mass is 9.94. The largest absolute Gasteiger partial charge is 0.470 e. The van der Waals surface area contributed by atoms with E-state index < -0.39 is 6.04 Å². The van der Waals surface area contributed by atoms with Crippen molar-refractivity contribution in [1.29, 1.82) is 0 Å². The number of nitrogens with zero attached hydrogens (tertiary/aromatic N) is 1. The average molecular weight is 365 g/mol. The number of rotatable bonds is 2. The Morgan fingerprint density at radius 2 is 2.12 bits per heavy atom. The van der Waals surface area contributed by atoms with Crippen molar-refractivity contribution >= 4 is 28.1 Å². The summed E-state index contributed by atoms with van der Waals surface area (Å²) in [5.74, 6) is 0.609. The van der Waals surface area contributed by atoms with Gasteiger partial charge in [0, 0.05) is 27.9 Å². The third-order valence-electron chi connectivity index (χ3n) is 5.22. The van der Waals surface area contributed by atoms with Crippen molar-refractivity contribution in [3.8, 4) is 5.75 Å². The normalized spacial score (nSPS) is 21.4. The molecule has 0 saturated heterocycles. The van der Waals surface area contributed by atoms with Crippen molar-refractivity contribution in [2.24, 2.45) is 0 Å². The minimum absolute atomic E-state index is 0.198. The minimum Gasteiger partial charge on any atom is -0.470 e. The fourth-order valence-corrected chi connectivity index (χ4v) is 4.97. The highest BCUT2D eigenvalue weighted by Gasteiger charge is 2.44. The highest BCUT2D eigenvalue weighted by molar-refractivity contribution is 7.10. The Kier molecular flexibility index (Phi) is 3.72. The molecule has 5 rings (SSSR count). The van der Waals surface area contributed by atoms with E-state index in [0.717, 1.165) is 35.1 Å². The van der Waals surface area contributed by atoms with E-state index >= 15 is 0 Å². The lowest BCUT2D eigenvalue weighted by Gasteiger charge is -2.44. The molecule has 5 heteroatoms. The molecule has 0 fully saturated rings. The summed E-state index contributed by atoms with van der Waals surface area (Å²) >= 11 is 1.76. The molecule has 0 N–H and O–H groups in total. The molecule has 2 aliphatic rings. The Morgan fingerprint density at radius 1 is 1.23 bits per heavy atom. The Bertz CT molecular complexity index is 996. The second-order valence-electron chi connectivity index (χ2n) is 6.62. The van der Waals surface area contributed by atoms with E-state index in [1.165, 1.54) is 10.4 Å². The van der Waals surface area contributed by atoms with Gasteiger partial charge in [-0.2, -0.15) is 0 Å². The molecule has 0 saturated carbocycles. The van der Waals surface area contributed by atoms with Crippen LogP contribution in [0, 0.1) is 0 Å². The van der Waals surface area contributed by atoms with Crippen molar-refractivity contribution in [3.05, 3.63) is 63.8 Å². The van der Waals surface area contributed by atoms with E-state index in [0.29, 0.717) is 6.61 Å². The second kappa shape index (κ2) is 6.11. The third kappa shape index (κ3) is 2.27.